The van der Waals surface area contributed by atoms with Crippen LogP contribution < -0.4 is 11.3 Å². The van der Waals surface area contributed by atoms with E-state index in [1.54, 1.807) is 19.2 Å². The zero-order valence-electron chi connectivity index (χ0n) is 10.3. The van der Waals surface area contributed by atoms with Gasteiger partial charge in [-0.15, -0.1) is 0 Å². The van der Waals surface area contributed by atoms with Gasteiger partial charge in [0.15, 0.2) is 0 Å². The van der Waals surface area contributed by atoms with Crippen molar-refractivity contribution in [3.63, 3.8) is 0 Å². The standard InChI is InChI=1S/C12H18ClFN2O/c1-12(2,17-3)10(16-15)7-8-5-4-6-9(13)11(8)14/h4-6,10,16H,7,15H2,1-3H3. The molecule has 5 heteroatoms. The lowest BCUT2D eigenvalue weighted by Crippen LogP contribution is -2.52. The SMILES string of the molecule is COC(C)(C)C(Cc1cccc(Cl)c1F)NN. The Morgan fingerprint density at radius 2 is 2.18 bits per heavy atom. The molecule has 0 spiro atoms. The van der Waals surface area contributed by atoms with Gasteiger partial charge in [-0.25, -0.2) is 4.39 Å². The summed E-state index contributed by atoms with van der Waals surface area (Å²) >= 11 is 5.73. The summed E-state index contributed by atoms with van der Waals surface area (Å²) in [7, 11) is 1.60. The van der Waals surface area contributed by atoms with Gasteiger partial charge in [-0.05, 0) is 31.9 Å². The first-order chi connectivity index (χ1) is 7.92. The lowest BCUT2D eigenvalue weighted by Gasteiger charge is -2.32. The van der Waals surface area contributed by atoms with Crippen LogP contribution in [0.15, 0.2) is 18.2 Å². The van der Waals surface area contributed by atoms with Crippen molar-refractivity contribution in [1.82, 2.24) is 5.43 Å². The van der Waals surface area contributed by atoms with Gasteiger partial charge in [-0.2, -0.15) is 0 Å². The molecule has 0 heterocycles. The minimum Gasteiger partial charge on any atom is -0.377 e. The predicted octanol–water partition coefficient (Wildman–Crippen LogP) is 2.28. The van der Waals surface area contributed by atoms with Crippen LogP contribution in [0, 0.1) is 5.82 Å². The number of nitrogens with two attached hydrogens (primary N) is 1. The highest BCUT2D eigenvalue weighted by molar-refractivity contribution is 6.30. The quantitative estimate of drug-likeness (QED) is 0.631. The second-order valence-corrected chi connectivity index (χ2v) is 4.85. The summed E-state index contributed by atoms with van der Waals surface area (Å²) in [5, 5.41) is 0.119. The number of benzene rings is 1. The first-order valence-corrected chi connectivity index (χ1v) is 5.74. The number of nitrogens with one attached hydrogen (secondary N) is 1. The van der Waals surface area contributed by atoms with Crippen LogP contribution in [0.4, 0.5) is 4.39 Å². The van der Waals surface area contributed by atoms with Crippen molar-refractivity contribution in [1.29, 1.82) is 0 Å². The van der Waals surface area contributed by atoms with E-state index in [2.05, 4.69) is 5.43 Å². The summed E-state index contributed by atoms with van der Waals surface area (Å²) in [5.41, 5.74) is 2.68. The molecule has 1 aromatic carbocycles. The van der Waals surface area contributed by atoms with Crippen LogP contribution in [-0.4, -0.2) is 18.8 Å². The molecule has 0 saturated heterocycles. The van der Waals surface area contributed by atoms with E-state index in [0.717, 1.165) is 0 Å². The third kappa shape index (κ3) is 3.39. The van der Waals surface area contributed by atoms with Crippen molar-refractivity contribution >= 4 is 11.6 Å². The molecule has 0 aliphatic heterocycles. The highest BCUT2D eigenvalue weighted by atomic mass is 35.5. The van der Waals surface area contributed by atoms with Gasteiger partial charge in [-0.1, -0.05) is 23.7 Å². The Kier molecular flexibility index (Phi) is 4.89. The lowest BCUT2D eigenvalue weighted by atomic mass is 9.92. The molecule has 1 rings (SSSR count). The summed E-state index contributed by atoms with van der Waals surface area (Å²) < 4.78 is 19.1. The van der Waals surface area contributed by atoms with Gasteiger partial charge < -0.3 is 4.74 Å². The maximum atomic E-state index is 13.7. The van der Waals surface area contributed by atoms with Gasteiger partial charge in [0.1, 0.15) is 5.82 Å². The molecule has 0 bridgehead atoms. The van der Waals surface area contributed by atoms with E-state index in [-0.39, 0.29) is 11.1 Å². The van der Waals surface area contributed by atoms with Crippen LogP contribution in [-0.2, 0) is 11.2 Å². The lowest BCUT2D eigenvalue weighted by molar-refractivity contribution is -0.0102. The van der Waals surface area contributed by atoms with Gasteiger partial charge in [0.05, 0.1) is 16.7 Å². The highest BCUT2D eigenvalue weighted by Gasteiger charge is 2.29. The van der Waals surface area contributed by atoms with E-state index in [1.807, 2.05) is 13.8 Å². The summed E-state index contributed by atoms with van der Waals surface area (Å²) in [4.78, 5) is 0. The molecule has 96 valence electrons. The van der Waals surface area contributed by atoms with Crippen molar-refractivity contribution in [2.45, 2.75) is 31.9 Å². The predicted molar refractivity (Wildman–Crippen MR) is 67.3 cm³/mol. The molecule has 1 unspecified atom stereocenters. The minimum atomic E-state index is -0.497. The first-order valence-electron chi connectivity index (χ1n) is 5.36. The third-order valence-electron chi connectivity index (χ3n) is 3.02. The second-order valence-electron chi connectivity index (χ2n) is 4.44. The number of rotatable bonds is 5. The molecular formula is C12H18ClFN2O. The molecule has 0 radical (unpaired) electrons. The van der Waals surface area contributed by atoms with E-state index in [1.165, 1.54) is 6.07 Å². The molecule has 17 heavy (non-hydrogen) atoms. The average Bonchev–Trinajstić information content (AvgIpc) is 2.30. The van der Waals surface area contributed by atoms with Crippen molar-refractivity contribution in [3.8, 4) is 0 Å². The first kappa shape index (κ1) is 14.4. The number of hydrogen-bond acceptors (Lipinski definition) is 3. The molecular weight excluding hydrogens is 243 g/mol. The Bertz CT molecular complexity index is 385. The third-order valence-corrected chi connectivity index (χ3v) is 3.31. The van der Waals surface area contributed by atoms with Crippen LogP contribution in [0.5, 0.6) is 0 Å². The smallest absolute Gasteiger partial charge is 0.145 e. The molecule has 0 aliphatic carbocycles. The fraction of sp³-hybridized carbons (Fsp3) is 0.500. The van der Waals surface area contributed by atoms with E-state index < -0.39 is 11.4 Å². The Morgan fingerprint density at radius 3 is 2.71 bits per heavy atom. The van der Waals surface area contributed by atoms with Crippen molar-refractivity contribution < 1.29 is 9.13 Å². The molecule has 0 aromatic heterocycles. The maximum absolute atomic E-state index is 13.7. The normalized spacial score (nSPS) is 13.8. The van der Waals surface area contributed by atoms with Crippen molar-refractivity contribution in [3.05, 3.63) is 34.6 Å². The number of hydrogen-bond donors (Lipinski definition) is 2. The van der Waals surface area contributed by atoms with Crippen LogP contribution >= 0.6 is 11.6 Å². The van der Waals surface area contributed by atoms with Crippen LogP contribution in [0.25, 0.3) is 0 Å². The molecule has 1 atom stereocenters. The van der Waals surface area contributed by atoms with Crippen LogP contribution in [0.1, 0.15) is 19.4 Å². The molecule has 3 N–H and O–H groups in total. The molecule has 0 fully saturated rings. The Balaban J connectivity index is 2.92. The fourth-order valence-corrected chi connectivity index (χ4v) is 1.77. The molecule has 3 nitrogen and oxygen atoms in total. The van der Waals surface area contributed by atoms with Crippen molar-refractivity contribution in [2.24, 2.45) is 5.84 Å². The van der Waals surface area contributed by atoms with Gasteiger partial charge in [0.2, 0.25) is 0 Å². The van der Waals surface area contributed by atoms with E-state index in [4.69, 9.17) is 22.2 Å². The van der Waals surface area contributed by atoms with Gasteiger partial charge in [0.25, 0.3) is 0 Å². The van der Waals surface area contributed by atoms with Gasteiger partial charge >= 0.3 is 0 Å². The fourth-order valence-electron chi connectivity index (χ4n) is 1.57. The highest BCUT2D eigenvalue weighted by Crippen LogP contribution is 2.22. The Morgan fingerprint density at radius 1 is 1.53 bits per heavy atom. The minimum absolute atomic E-state index is 0.119. The molecule has 0 saturated carbocycles. The number of ether oxygens (including phenoxy) is 1. The van der Waals surface area contributed by atoms with E-state index in [0.29, 0.717) is 12.0 Å². The summed E-state index contributed by atoms with van der Waals surface area (Å²) in [6.45, 7) is 3.78. The molecule has 0 aliphatic rings. The number of hydrazine groups is 1. The molecule has 0 amide bonds. The summed E-state index contributed by atoms with van der Waals surface area (Å²) in [6.07, 6.45) is 0.406. The van der Waals surface area contributed by atoms with Gasteiger partial charge in [-0.3, -0.25) is 11.3 Å². The Hall–Kier alpha value is -0.680. The number of methoxy groups -OCH3 is 1. The monoisotopic (exact) mass is 260 g/mol. The van der Waals surface area contributed by atoms with E-state index in [9.17, 15) is 4.39 Å². The average molecular weight is 261 g/mol. The van der Waals surface area contributed by atoms with Gasteiger partial charge in [0, 0.05) is 7.11 Å². The zero-order valence-corrected chi connectivity index (χ0v) is 11.0. The van der Waals surface area contributed by atoms with Crippen LogP contribution in [0.2, 0.25) is 5.02 Å². The second kappa shape index (κ2) is 5.78. The topological polar surface area (TPSA) is 47.3 Å². The molecule has 1 aromatic rings. The van der Waals surface area contributed by atoms with E-state index >= 15 is 0 Å². The largest absolute Gasteiger partial charge is 0.377 e. The van der Waals surface area contributed by atoms with Crippen LogP contribution in [0.3, 0.4) is 0 Å². The number of halogens is 2. The van der Waals surface area contributed by atoms with Crippen molar-refractivity contribution in [2.75, 3.05) is 7.11 Å². The summed E-state index contributed by atoms with van der Waals surface area (Å²) in [5.74, 6) is 5.08. The Labute approximate surface area is 106 Å². The summed E-state index contributed by atoms with van der Waals surface area (Å²) in [6, 6.07) is 4.72. The maximum Gasteiger partial charge on any atom is 0.145 e. The zero-order chi connectivity index (χ0) is 13.1.